The number of hydrogen-bond acceptors (Lipinski definition) is 4. The van der Waals surface area contributed by atoms with E-state index in [0.29, 0.717) is 5.92 Å². The molecule has 0 unspecified atom stereocenters. The average Bonchev–Trinajstić information content (AvgIpc) is 3.03. The number of anilines is 2. The van der Waals surface area contributed by atoms with Crippen molar-refractivity contribution in [2.45, 2.75) is 18.8 Å². The third-order valence-corrected chi connectivity index (χ3v) is 3.95. The first-order valence-corrected chi connectivity index (χ1v) is 6.99. The number of rotatable bonds is 4. The molecule has 1 saturated heterocycles. The molecule has 1 aromatic heterocycles. The van der Waals surface area contributed by atoms with Crippen LogP contribution in [0, 0.1) is 0 Å². The molecular formula is C15H20N4O. The van der Waals surface area contributed by atoms with Gasteiger partial charge in [-0.2, -0.15) is 5.10 Å². The van der Waals surface area contributed by atoms with Gasteiger partial charge in [-0.15, -0.1) is 0 Å². The van der Waals surface area contributed by atoms with Gasteiger partial charge in [0.25, 0.3) is 0 Å². The van der Waals surface area contributed by atoms with E-state index >= 15 is 0 Å². The van der Waals surface area contributed by atoms with Gasteiger partial charge in [-0.3, -0.25) is 15.4 Å². The first-order valence-electron chi connectivity index (χ1n) is 6.99. The first-order chi connectivity index (χ1) is 9.86. The number of piperidine rings is 1. The van der Waals surface area contributed by atoms with Gasteiger partial charge in [-0.05, 0) is 36.5 Å². The summed E-state index contributed by atoms with van der Waals surface area (Å²) in [4.78, 5) is 7.29. The SMILES string of the molecule is CONc1ccc(C2CCN(c3cn[nH]c3)CC2)cc1. The van der Waals surface area contributed by atoms with Gasteiger partial charge in [-0.1, -0.05) is 12.1 Å². The zero-order valence-electron chi connectivity index (χ0n) is 11.7. The second kappa shape index (κ2) is 5.96. The number of aromatic amines is 1. The van der Waals surface area contributed by atoms with Crippen molar-refractivity contribution in [2.24, 2.45) is 0 Å². The van der Waals surface area contributed by atoms with Crippen molar-refractivity contribution >= 4 is 11.4 Å². The number of H-pyrrole nitrogens is 1. The number of nitrogens with one attached hydrogen (secondary N) is 2. The third-order valence-electron chi connectivity index (χ3n) is 3.95. The Balaban J connectivity index is 1.60. The number of aromatic nitrogens is 2. The Hall–Kier alpha value is -2.01. The largest absolute Gasteiger partial charge is 0.369 e. The zero-order chi connectivity index (χ0) is 13.8. The van der Waals surface area contributed by atoms with Gasteiger partial charge in [0.2, 0.25) is 0 Å². The molecule has 1 fully saturated rings. The fourth-order valence-electron chi connectivity index (χ4n) is 2.83. The Morgan fingerprint density at radius 2 is 2.00 bits per heavy atom. The molecule has 106 valence electrons. The highest BCUT2D eigenvalue weighted by atomic mass is 16.6. The predicted molar refractivity (Wildman–Crippen MR) is 79.8 cm³/mol. The van der Waals surface area contributed by atoms with E-state index in [0.717, 1.165) is 18.8 Å². The molecule has 0 saturated carbocycles. The van der Waals surface area contributed by atoms with E-state index in [1.54, 1.807) is 7.11 Å². The van der Waals surface area contributed by atoms with E-state index in [1.165, 1.54) is 24.1 Å². The molecule has 0 aliphatic carbocycles. The lowest BCUT2D eigenvalue weighted by atomic mass is 9.89. The highest BCUT2D eigenvalue weighted by molar-refractivity contribution is 5.45. The standard InChI is InChI=1S/C15H20N4O/c1-20-18-14-4-2-12(3-5-14)13-6-8-19(9-7-13)15-10-16-17-11-15/h2-5,10-11,13,18H,6-9H2,1H3,(H,16,17). The van der Waals surface area contributed by atoms with Crippen LogP contribution in [-0.2, 0) is 4.84 Å². The second-order valence-corrected chi connectivity index (χ2v) is 5.15. The molecule has 1 aliphatic rings. The van der Waals surface area contributed by atoms with E-state index in [4.69, 9.17) is 4.84 Å². The molecule has 0 atom stereocenters. The average molecular weight is 272 g/mol. The summed E-state index contributed by atoms with van der Waals surface area (Å²) in [6.07, 6.45) is 6.22. The minimum Gasteiger partial charge on any atom is -0.369 e. The third kappa shape index (κ3) is 2.77. The van der Waals surface area contributed by atoms with Crippen LogP contribution in [0.5, 0.6) is 0 Å². The Kier molecular flexibility index (Phi) is 3.87. The summed E-state index contributed by atoms with van der Waals surface area (Å²) in [5.41, 5.74) is 6.45. The number of nitrogens with zero attached hydrogens (tertiary/aromatic N) is 2. The van der Waals surface area contributed by atoms with Gasteiger partial charge in [0.15, 0.2) is 0 Å². The molecule has 0 radical (unpaired) electrons. The van der Waals surface area contributed by atoms with Crippen molar-refractivity contribution in [1.82, 2.24) is 10.2 Å². The van der Waals surface area contributed by atoms with Gasteiger partial charge in [0, 0.05) is 19.3 Å². The first kappa shape index (κ1) is 13.0. The lowest BCUT2D eigenvalue weighted by molar-refractivity contribution is 0.271. The summed E-state index contributed by atoms with van der Waals surface area (Å²) in [7, 11) is 1.62. The van der Waals surface area contributed by atoms with Crippen molar-refractivity contribution in [1.29, 1.82) is 0 Å². The maximum atomic E-state index is 4.90. The summed E-state index contributed by atoms with van der Waals surface area (Å²) >= 11 is 0. The molecule has 1 aliphatic heterocycles. The van der Waals surface area contributed by atoms with Gasteiger partial charge >= 0.3 is 0 Å². The molecular weight excluding hydrogens is 252 g/mol. The van der Waals surface area contributed by atoms with Crippen LogP contribution in [0.4, 0.5) is 11.4 Å². The second-order valence-electron chi connectivity index (χ2n) is 5.15. The molecule has 0 bridgehead atoms. The summed E-state index contributed by atoms with van der Waals surface area (Å²) in [6, 6.07) is 8.53. The molecule has 5 heteroatoms. The van der Waals surface area contributed by atoms with Crippen molar-refractivity contribution in [3.05, 3.63) is 42.2 Å². The molecule has 2 N–H and O–H groups in total. The van der Waals surface area contributed by atoms with Crippen LogP contribution >= 0.6 is 0 Å². The van der Waals surface area contributed by atoms with E-state index in [9.17, 15) is 0 Å². The van der Waals surface area contributed by atoms with Crippen LogP contribution in [0.15, 0.2) is 36.7 Å². The van der Waals surface area contributed by atoms with Crippen LogP contribution in [0.25, 0.3) is 0 Å². The van der Waals surface area contributed by atoms with Crippen LogP contribution in [0.2, 0.25) is 0 Å². The van der Waals surface area contributed by atoms with Gasteiger partial charge in [0.1, 0.15) is 0 Å². The summed E-state index contributed by atoms with van der Waals surface area (Å²) < 4.78 is 0. The minimum atomic E-state index is 0.648. The van der Waals surface area contributed by atoms with Crippen molar-refractivity contribution < 1.29 is 4.84 Å². The van der Waals surface area contributed by atoms with Crippen molar-refractivity contribution in [3.8, 4) is 0 Å². The zero-order valence-corrected chi connectivity index (χ0v) is 11.7. The maximum Gasteiger partial charge on any atom is 0.0749 e. The molecule has 0 amide bonds. The van der Waals surface area contributed by atoms with E-state index < -0.39 is 0 Å². The van der Waals surface area contributed by atoms with E-state index in [1.807, 2.05) is 12.4 Å². The molecule has 2 heterocycles. The summed E-state index contributed by atoms with van der Waals surface area (Å²) in [6.45, 7) is 2.17. The van der Waals surface area contributed by atoms with Crippen LogP contribution in [0.1, 0.15) is 24.3 Å². The molecule has 3 rings (SSSR count). The maximum absolute atomic E-state index is 4.90. The Morgan fingerprint density at radius 1 is 1.25 bits per heavy atom. The van der Waals surface area contributed by atoms with Crippen molar-refractivity contribution in [3.63, 3.8) is 0 Å². The van der Waals surface area contributed by atoms with Crippen LogP contribution in [0.3, 0.4) is 0 Å². The Bertz CT molecular complexity index is 515. The normalized spacial score (nSPS) is 16.4. The lowest BCUT2D eigenvalue weighted by Gasteiger charge is -2.32. The Labute approximate surface area is 118 Å². The summed E-state index contributed by atoms with van der Waals surface area (Å²) in [5, 5.41) is 6.89. The monoisotopic (exact) mass is 272 g/mol. The Morgan fingerprint density at radius 3 is 2.60 bits per heavy atom. The van der Waals surface area contributed by atoms with E-state index in [2.05, 4.69) is 44.8 Å². The minimum absolute atomic E-state index is 0.648. The topological polar surface area (TPSA) is 53.2 Å². The molecule has 20 heavy (non-hydrogen) atoms. The molecule has 2 aromatic rings. The van der Waals surface area contributed by atoms with E-state index in [-0.39, 0.29) is 0 Å². The van der Waals surface area contributed by atoms with Gasteiger partial charge in [-0.25, -0.2) is 0 Å². The predicted octanol–water partition coefficient (Wildman–Crippen LogP) is 2.77. The highest BCUT2D eigenvalue weighted by Crippen LogP contribution is 2.30. The quantitative estimate of drug-likeness (QED) is 0.840. The van der Waals surface area contributed by atoms with Crippen LogP contribution < -0.4 is 10.4 Å². The van der Waals surface area contributed by atoms with Crippen LogP contribution in [-0.4, -0.2) is 30.4 Å². The highest BCUT2D eigenvalue weighted by Gasteiger charge is 2.21. The van der Waals surface area contributed by atoms with Gasteiger partial charge in [0.05, 0.1) is 24.7 Å². The smallest absolute Gasteiger partial charge is 0.0749 e. The lowest BCUT2D eigenvalue weighted by Crippen LogP contribution is -2.32. The number of hydrogen-bond donors (Lipinski definition) is 2. The fraction of sp³-hybridized carbons (Fsp3) is 0.400. The molecule has 1 aromatic carbocycles. The fourth-order valence-corrected chi connectivity index (χ4v) is 2.83. The van der Waals surface area contributed by atoms with Gasteiger partial charge < -0.3 is 4.90 Å². The summed E-state index contributed by atoms with van der Waals surface area (Å²) in [5.74, 6) is 0.648. The molecule has 5 nitrogen and oxygen atoms in total. The molecule has 0 spiro atoms. The van der Waals surface area contributed by atoms with Crippen molar-refractivity contribution in [2.75, 3.05) is 30.6 Å². The number of benzene rings is 1.